The third kappa shape index (κ3) is 3.32. The predicted molar refractivity (Wildman–Crippen MR) is 62.5 cm³/mol. The molecule has 2 rings (SSSR count). The number of primary amides is 1. The molecule has 7 nitrogen and oxygen atoms in total. The standard InChI is InChI=1S/C11H13F3N4O3/c12-11(13,14)8-1-2-17(16-8)5-9(20)18-4-6(19)3-7(18)10(15)21/h1-2,6-7,19H,3-5H2,(H2,15,21)/t6-,7+/m1/s1. The summed E-state index contributed by atoms with van der Waals surface area (Å²) < 4.78 is 38.0. The quantitative estimate of drug-likeness (QED) is 0.774. The van der Waals surface area contributed by atoms with Gasteiger partial charge < -0.3 is 15.7 Å². The van der Waals surface area contributed by atoms with Crippen molar-refractivity contribution in [2.24, 2.45) is 5.73 Å². The minimum Gasteiger partial charge on any atom is -0.391 e. The van der Waals surface area contributed by atoms with Crippen molar-refractivity contribution >= 4 is 11.8 Å². The summed E-state index contributed by atoms with van der Waals surface area (Å²) in [4.78, 5) is 24.3. The lowest BCUT2D eigenvalue weighted by atomic mass is 10.2. The number of aromatic nitrogens is 2. The number of carbonyl (C=O) groups excluding carboxylic acids is 2. The van der Waals surface area contributed by atoms with Crippen molar-refractivity contribution in [1.29, 1.82) is 0 Å². The first-order chi connectivity index (χ1) is 9.68. The first-order valence-corrected chi connectivity index (χ1v) is 6.06. The van der Waals surface area contributed by atoms with Gasteiger partial charge in [0.25, 0.3) is 0 Å². The van der Waals surface area contributed by atoms with Crippen LogP contribution in [0.4, 0.5) is 13.2 Å². The van der Waals surface area contributed by atoms with Crippen LogP contribution in [-0.4, -0.2) is 50.3 Å². The first kappa shape index (κ1) is 15.3. The molecule has 0 spiro atoms. The molecule has 2 heterocycles. The molecule has 1 saturated heterocycles. The van der Waals surface area contributed by atoms with E-state index < -0.39 is 42.4 Å². The molecular formula is C11H13F3N4O3. The molecule has 1 fully saturated rings. The highest BCUT2D eigenvalue weighted by Crippen LogP contribution is 2.27. The largest absolute Gasteiger partial charge is 0.435 e. The Kier molecular flexibility index (Phi) is 3.90. The summed E-state index contributed by atoms with van der Waals surface area (Å²) in [7, 11) is 0. The average Bonchev–Trinajstić information content (AvgIpc) is 2.94. The van der Waals surface area contributed by atoms with Gasteiger partial charge in [-0.25, -0.2) is 0 Å². The first-order valence-electron chi connectivity index (χ1n) is 6.06. The maximum absolute atomic E-state index is 12.4. The molecule has 0 unspecified atom stereocenters. The Bertz CT molecular complexity index is 557. The SMILES string of the molecule is NC(=O)[C@@H]1C[C@@H](O)CN1C(=O)Cn1ccc(C(F)(F)F)n1. The predicted octanol–water partition coefficient (Wildman–Crippen LogP) is -0.651. The van der Waals surface area contributed by atoms with Gasteiger partial charge in [0.05, 0.1) is 6.10 Å². The van der Waals surface area contributed by atoms with Gasteiger partial charge in [0.2, 0.25) is 11.8 Å². The fraction of sp³-hybridized carbons (Fsp3) is 0.545. The van der Waals surface area contributed by atoms with E-state index in [-0.39, 0.29) is 13.0 Å². The molecule has 2 amide bonds. The Hall–Kier alpha value is -2.10. The highest BCUT2D eigenvalue weighted by atomic mass is 19.4. The Labute approximate surface area is 117 Å². The molecule has 1 aromatic rings. The molecule has 1 aromatic heterocycles. The summed E-state index contributed by atoms with van der Waals surface area (Å²) in [6, 6.07) is -0.206. The van der Waals surface area contributed by atoms with Crippen LogP contribution in [0, 0.1) is 0 Å². The number of rotatable bonds is 3. The van der Waals surface area contributed by atoms with Gasteiger partial charge in [-0.15, -0.1) is 0 Å². The third-order valence-corrected chi connectivity index (χ3v) is 3.16. The lowest BCUT2D eigenvalue weighted by Gasteiger charge is -2.21. The highest BCUT2D eigenvalue weighted by molar-refractivity contribution is 5.87. The van der Waals surface area contributed by atoms with Crippen molar-refractivity contribution < 1.29 is 27.9 Å². The molecular weight excluding hydrogens is 293 g/mol. The van der Waals surface area contributed by atoms with Crippen LogP contribution in [0.15, 0.2) is 12.3 Å². The molecule has 116 valence electrons. The van der Waals surface area contributed by atoms with Gasteiger partial charge in [-0.3, -0.25) is 14.3 Å². The van der Waals surface area contributed by atoms with Crippen molar-refractivity contribution in [3.05, 3.63) is 18.0 Å². The topological polar surface area (TPSA) is 101 Å². The summed E-state index contributed by atoms with van der Waals surface area (Å²) in [5.41, 5.74) is 4.02. The molecule has 10 heteroatoms. The second-order valence-corrected chi connectivity index (χ2v) is 4.75. The second kappa shape index (κ2) is 5.35. The van der Waals surface area contributed by atoms with Crippen LogP contribution in [0.25, 0.3) is 0 Å². The smallest absolute Gasteiger partial charge is 0.391 e. The molecule has 0 aromatic carbocycles. The van der Waals surface area contributed by atoms with Crippen LogP contribution >= 0.6 is 0 Å². The van der Waals surface area contributed by atoms with E-state index in [9.17, 15) is 27.9 Å². The lowest BCUT2D eigenvalue weighted by Crippen LogP contribution is -2.45. The number of β-amino-alcohol motifs (C(OH)–C–C–N with tert-alkyl or cyclic N) is 1. The second-order valence-electron chi connectivity index (χ2n) is 4.75. The number of nitrogens with two attached hydrogens (primary N) is 1. The molecule has 1 aliphatic rings. The van der Waals surface area contributed by atoms with Crippen LogP contribution in [0.2, 0.25) is 0 Å². The normalized spacial score (nSPS) is 22.6. The summed E-state index contributed by atoms with van der Waals surface area (Å²) >= 11 is 0. The van der Waals surface area contributed by atoms with E-state index in [1.165, 1.54) is 0 Å². The van der Waals surface area contributed by atoms with E-state index in [1.54, 1.807) is 0 Å². The van der Waals surface area contributed by atoms with Crippen LogP contribution in [0.1, 0.15) is 12.1 Å². The third-order valence-electron chi connectivity index (χ3n) is 3.16. The van der Waals surface area contributed by atoms with E-state index in [0.717, 1.165) is 21.8 Å². The van der Waals surface area contributed by atoms with Crippen molar-refractivity contribution in [3.63, 3.8) is 0 Å². The van der Waals surface area contributed by atoms with E-state index >= 15 is 0 Å². The zero-order valence-corrected chi connectivity index (χ0v) is 10.7. The molecule has 21 heavy (non-hydrogen) atoms. The molecule has 1 aliphatic heterocycles. The number of amides is 2. The van der Waals surface area contributed by atoms with E-state index in [2.05, 4.69) is 5.10 Å². The van der Waals surface area contributed by atoms with Crippen LogP contribution in [-0.2, 0) is 22.3 Å². The van der Waals surface area contributed by atoms with E-state index in [4.69, 9.17) is 5.73 Å². The van der Waals surface area contributed by atoms with Gasteiger partial charge in [0.15, 0.2) is 5.69 Å². The molecule has 0 saturated carbocycles. The van der Waals surface area contributed by atoms with Crippen LogP contribution < -0.4 is 5.73 Å². The van der Waals surface area contributed by atoms with Crippen LogP contribution in [0.5, 0.6) is 0 Å². The minimum absolute atomic E-state index is 0.0218. The van der Waals surface area contributed by atoms with Gasteiger partial charge in [-0.05, 0) is 6.07 Å². The number of alkyl halides is 3. The maximum atomic E-state index is 12.4. The average molecular weight is 306 g/mol. The van der Waals surface area contributed by atoms with Gasteiger partial charge >= 0.3 is 6.18 Å². The van der Waals surface area contributed by atoms with E-state index in [1.807, 2.05) is 0 Å². The molecule has 3 N–H and O–H groups in total. The number of nitrogens with zero attached hydrogens (tertiary/aromatic N) is 3. The summed E-state index contributed by atoms with van der Waals surface area (Å²) in [6.07, 6.45) is -4.43. The van der Waals surface area contributed by atoms with Gasteiger partial charge in [-0.1, -0.05) is 0 Å². The van der Waals surface area contributed by atoms with Crippen LogP contribution in [0.3, 0.4) is 0 Å². The Morgan fingerprint density at radius 3 is 2.67 bits per heavy atom. The Morgan fingerprint density at radius 1 is 1.48 bits per heavy atom. The van der Waals surface area contributed by atoms with Gasteiger partial charge in [0, 0.05) is 19.2 Å². The number of hydrogen-bond acceptors (Lipinski definition) is 4. The Morgan fingerprint density at radius 2 is 2.14 bits per heavy atom. The number of halogens is 3. The monoisotopic (exact) mass is 306 g/mol. The lowest BCUT2D eigenvalue weighted by molar-refractivity contribution is -0.142. The zero-order valence-electron chi connectivity index (χ0n) is 10.7. The fourth-order valence-corrected chi connectivity index (χ4v) is 2.19. The van der Waals surface area contributed by atoms with Gasteiger partial charge in [-0.2, -0.15) is 18.3 Å². The number of aliphatic hydroxyl groups is 1. The number of likely N-dealkylation sites (tertiary alicyclic amines) is 1. The van der Waals surface area contributed by atoms with E-state index in [0.29, 0.717) is 0 Å². The number of aliphatic hydroxyl groups excluding tert-OH is 1. The van der Waals surface area contributed by atoms with Gasteiger partial charge in [0.1, 0.15) is 12.6 Å². The van der Waals surface area contributed by atoms with Crippen molar-refractivity contribution in [2.45, 2.75) is 31.3 Å². The van der Waals surface area contributed by atoms with Crippen molar-refractivity contribution in [3.8, 4) is 0 Å². The summed E-state index contributed by atoms with van der Waals surface area (Å²) in [5, 5.41) is 12.7. The summed E-state index contributed by atoms with van der Waals surface area (Å²) in [6.45, 7) is -0.549. The fourth-order valence-electron chi connectivity index (χ4n) is 2.19. The minimum atomic E-state index is -4.59. The number of hydrogen-bond donors (Lipinski definition) is 2. The maximum Gasteiger partial charge on any atom is 0.435 e. The zero-order chi connectivity index (χ0) is 15.8. The van der Waals surface area contributed by atoms with Crippen molar-refractivity contribution in [2.75, 3.05) is 6.54 Å². The number of carbonyl (C=O) groups is 2. The molecule has 0 radical (unpaired) electrons. The molecule has 0 aliphatic carbocycles. The van der Waals surface area contributed by atoms with Crippen molar-refractivity contribution in [1.82, 2.24) is 14.7 Å². The summed E-state index contributed by atoms with van der Waals surface area (Å²) in [5.74, 6) is -1.40. The molecule has 0 bridgehead atoms. The molecule has 2 atom stereocenters. The Balaban J connectivity index is 2.07. The highest BCUT2D eigenvalue weighted by Gasteiger charge is 2.38.